The second-order valence-corrected chi connectivity index (χ2v) is 6.67. The number of carbonyl (C=O) groups is 1. The Labute approximate surface area is 125 Å². The van der Waals surface area contributed by atoms with Gasteiger partial charge in [-0.3, -0.25) is 0 Å². The molecule has 0 saturated carbocycles. The van der Waals surface area contributed by atoms with Crippen molar-refractivity contribution in [3.8, 4) is 0 Å². The van der Waals surface area contributed by atoms with Gasteiger partial charge in [0.2, 0.25) is 0 Å². The summed E-state index contributed by atoms with van der Waals surface area (Å²) in [6.45, 7) is 8.41. The van der Waals surface area contributed by atoms with Crippen LogP contribution >= 0.6 is 12.2 Å². The van der Waals surface area contributed by atoms with Gasteiger partial charge in [0, 0.05) is 12.2 Å². The number of nitrogens with one attached hydrogen (secondary N) is 1. The van der Waals surface area contributed by atoms with E-state index in [2.05, 4.69) is 4.98 Å². The van der Waals surface area contributed by atoms with E-state index in [4.69, 9.17) is 17.0 Å². The van der Waals surface area contributed by atoms with Gasteiger partial charge in [0.15, 0.2) is 0 Å². The molecule has 2 rings (SSSR count). The van der Waals surface area contributed by atoms with Crippen LogP contribution in [0.1, 0.15) is 50.9 Å². The normalized spacial score (nSPS) is 19.2. The van der Waals surface area contributed by atoms with Crippen molar-refractivity contribution in [2.75, 3.05) is 6.54 Å². The van der Waals surface area contributed by atoms with Gasteiger partial charge in [-0.2, -0.15) is 0 Å². The third kappa shape index (κ3) is 3.39. The second-order valence-electron chi connectivity index (χ2n) is 6.23. The van der Waals surface area contributed by atoms with Gasteiger partial charge in [0.1, 0.15) is 10.2 Å². The Balaban J connectivity index is 2.23. The van der Waals surface area contributed by atoms with E-state index < -0.39 is 5.60 Å². The van der Waals surface area contributed by atoms with Crippen molar-refractivity contribution in [2.24, 2.45) is 0 Å². The number of likely N-dealkylation sites (tertiary alicyclic amines) is 1. The molecule has 1 atom stereocenters. The van der Waals surface area contributed by atoms with Crippen LogP contribution in [0.15, 0.2) is 12.1 Å². The van der Waals surface area contributed by atoms with Crippen molar-refractivity contribution in [3.05, 3.63) is 28.0 Å². The fraction of sp³-hybridized carbons (Fsp3) is 0.600. The van der Waals surface area contributed by atoms with Gasteiger partial charge >= 0.3 is 6.09 Å². The molecule has 1 aliphatic heterocycles. The Bertz CT molecular complexity index is 560. The van der Waals surface area contributed by atoms with E-state index in [0.717, 1.165) is 30.6 Å². The van der Waals surface area contributed by atoms with Crippen molar-refractivity contribution >= 4 is 18.3 Å². The van der Waals surface area contributed by atoms with Crippen LogP contribution in [0.5, 0.6) is 0 Å². The van der Waals surface area contributed by atoms with Crippen molar-refractivity contribution in [1.29, 1.82) is 0 Å². The molecule has 0 radical (unpaired) electrons. The lowest BCUT2D eigenvalue weighted by molar-refractivity contribution is 0.0224. The predicted molar refractivity (Wildman–Crippen MR) is 81.3 cm³/mol. The maximum absolute atomic E-state index is 12.3. The lowest BCUT2D eigenvalue weighted by Gasteiger charge is -2.29. The Kier molecular flexibility index (Phi) is 4.18. The van der Waals surface area contributed by atoms with Crippen LogP contribution in [-0.4, -0.2) is 28.1 Å². The molecule has 0 aliphatic carbocycles. The largest absolute Gasteiger partial charge is 0.444 e. The summed E-state index contributed by atoms with van der Waals surface area (Å²) in [5, 5.41) is 0. The number of rotatable bonds is 1. The topological polar surface area (TPSA) is 45.3 Å². The van der Waals surface area contributed by atoms with Crippen LogP contribution < -0.4 is 0 Å². The zero-order valence-corrected chi connectivity index (χ0v) is 13.3. The van der Waals surface area contributed by atoms with Crippen LogP contribution in [-0.2, 0) is 4.74 Å². The summed E-state index contributed by atoms with van der Waals surface area (Å²) in [7, 11) is 0. The first kappa shape index (κ1) is 15.0. The fourth-order valence-electron chi connectivity index (χ4n) is 2.58. The molecule has 0 aromatic carbocycles. The fourth-order valence-corrected chi connectivity index (χ4v) is 2.80. The van der Waals surface area contributed by atoms with Gasteiger partial charge in [-0.15, -0.1) is 0 Å². The SMILES string of the molecule is Cc1[nH]c(=S)ccc1C1CCCN1C(=O)OC(C)(C)C. The van der Waals surface area contributed by atoms with Crippen molar-refractivity contribution in [1.82, 2.24) is 9.88 Å². The number of aryl methyl sites for hydroxylation is 1. The number of hydrogen-bond donors (Lipinski definition) is 1. The first-order valence-electron chi connectivity index (χ1n) is 6.97. The molecule has 20 heavy (non-hydrogen) atoms. The van der Waals surface area contributed by atoms with E-state index in [1.54, 1.807) is 0 Å². The molecule has 0 spiro atoms. The van der Waals surface area contributed by atoms with Crippen LogP contribution in [0.4, 0.5) is 4.79 Å². The first-order chi connectivity index (χ1) is 9.28. The number of amides is 1. The summed E-state index contributed by atoms with van der Waals surface area (Å²) in [5.74, 6) is 0. The van der Waals surface area contributed by atoms with Gasteiger partial charge in [0.05, 0.1) is 6.04 Å². The van der Waals surface area contributed by atoms with Gasteiger partial charge in [0.25, 0.3) is 0 Å². The van der Waals surface area contributed by atoms with Crippen LogP contribution in [0.3, 0.4) is 0 Å². The molecule has 110 valence electrons. The molecule has 1 fully saturated rings. The monoisotopic (exact) mass is 294 g/mol. The second kappa shape index (κ2) is 5.56. The quantitative estimate of drug-likeness (QED) is 0.792. The van der Waals surface area contributed by atoms with Crippen molar-refractivity contribution < 1.29 is 9.53 Å². The number of aromatic nitrogens is 1. The molecule has 1 unspecified atom stereocenters. The van der Waals surface area contributed by atoms with E-state index in [-0.39, 0.29) is 12.1 Å². The third-order valence-corrected chi connectivity index (χ3v) is 3.64. The smallest absolute Gasteiger partial charge is 0.410 e. The Morgan fingerprint density at radius 2 is 2.15 bits per heavy atom. The molecule has 2 heterocycles. The maximum Gasteiger partial charge on any atom is 0.410 e. The number of pyridine rings is 1. The number of H-pyrrole nitrogens is 1. The zero-order chi connectivity index (χ0) is 14.9. The van der Waals surface area contributed by atoms with E-state index in [1.165, 1.54) is 0 Å². The molecule has 1 saturated heterocycles. The molecule has 1 N–H and O–H groups in total. The number of nitrogens with zero attached hydrogens (tertiary/aromatic N) is 1. The van der Waals surface area contributed by atoms with Gasteiger partial charge in [-0.25, -0.2) is 4.79 Å². The average molecular weight is 294 g/mol. The molecular formula is C15H22N2O2S. The molecule has 4 nitrogen and oxygen atoms in total. The summed E-state index contributed by atoms with van der Waals surface area (Å²) in [6, 6.07) is 3.97. The minimum atomic E-state index is -0.462. The highest BCUT2D eigenvalue weighted by Crippen LogP contribution is 2.34. The van der Waals surface area contributed by atoms with Crippen LogP contribution in [0.25, 0.3) is 0 Å². The Hall–Kier alpha value is -1.36. The number of ether oxygens (including phenoxy) is 1. The maximum atomic E-state index is 12.3. The number of hydrogen-bond acceptors (Lipinski definition) is 3. The van der Waals surface area contributed by atoms with E-state index in [1.807, 2.05) is 44.7 Å². The zero-order valence-electron chi connectivity index (χ0n) is 12.5. The summed E-state index contributed by atoms with van der Waals surface area (Å²) in [6.07, 6.45) is 1.73. The molecule has 1 aromatic rings. The molecule has 1 aromatic heterocycles. The van der Waals surface area contributed by atoms with Crippen molar-refractivity contribution in [2.45, 2.75) is 52.2 Å². The third-order valence-electron chi connectivity index (χ3n) is 3.40. The number of carbonyl (C=O) groups excluding carboxylic acids is 1. The van der Waals surface area contributed by atoms with Crippen LogP contribution in [0, 0.1) is 11.6 Å². The minimum absolute atomic E-state index is 0.0803. The highest BCUT2D eigenvalue weighted by molar-refractivity contribution is 7.71. The summed E-state index contributed by atoms with van der Waals surface area (Å²) in [5.41, 5.74) is 1.69. The van der Waals surface area contributed by atoms with Gasteiger partial charge < -0.3 is 14.6 Å². The predicted octanol–water partition coefficient (Wildman–Crippen LogP) is 4.12. The molecule has 5 heteroatoms. The van der Waals surface area contributed by atoms with Gasteiger partial charge in [-0.05, 0) is 52.2 Å². The molecule has 1 amide bonds. The highest BCUT2D eigenvalue weighted by atomic mass is 32.1. The molecule has 0 bridgehead atoms. The summed E-state index contributed by atoms with van der Waals surface area (Å²) < 4.78 is 6.21. The first-order valence-corrected chi connectivity index (χ1v) is 7.38. The Morgan fingerprint density at radius 3 is 2.75 bits per heavy atom. The lowest BCUT2D eigenvalue weighted by Crippen LogP contribution is -2.36. The van der Waals surface area contributed by atoms with E-state index in [0.29, 0.717) is 4.64 Å². The average Bonchev–Trinajstić information content (AvgIpc) is 2.75. The molecular weight excluding hydrogens is 272 g/mol. The summed E-state index contributed by atoms with van der Waals surface area (Å²) >= 11 is 5.13. The highest BCUT2D eigenvalue weighted by Gasteiger charge is 2.33. The van der Waals surface area contributed by atoms with Crippen molar-refractivity contribution in [3.63, 3.8) is 0 Å². The van der Waals surface area contributed by atoms with E-state index in [9.17, 15) is 4.79 Å². The number of aromatic amines is 1. The molecule has 1 aliphatic rings. The van der Waals surface area contributed by atoms with E-state index >= 15 is 0 Å². The van der Waals surface area contributed by atoms with Gasteiger partial charge in [-0.1, -0.05) is 18.3 Å². The Morgan fingerprint density at radius 1 is 1.45 bits per heavy atom. The summed E-state index contributed by atoms with van der Waals surface area (Å²) in [4.78, 5) is 17.3. The minimum Gasteiger partial charge on any atom is -0.444 e. The standard InChI is InChI=1S/C15H22N2O2S/c1-10-11(7-8-13(20)16-10)12-6-5-9-17(12)14(18)19-15(2,3)4/h7-8,12H,5-6,9H2,1-4H3,(H,16,20). The van der Waals surface area contributed by atoms with Crippen LogP contribution in [0.2, 0.25) is 0 Å². The lowest BCUT2D eigenvalue weighted by atomic mass is 10.0.